The van der Waals surface area contributed by atoms with Gasteiger partial charge in [-0.3, -0.25) is 0 Å². The van der Waals surface area contributed by atoms with Crippen molar-refractivity contribution in [3.05, 3.63) is 41.1 Å². The largest absolute Gasteiger partial charge is 0.494 e. The minimum Gasteiger partial charge on any atom is -0.494 e. The number of para-hydroxylation sites is 1. The van der Waals surface area contributed by atoms with Crippen LogP contribution in [-0.4, -0.2) is 30.8 Å². The highest BCUT2D eigenvalue weighted by molar-refractivity contribution is 7.80. The highest BCUT2D eigenvalue weighted by atomic mass is 32.1. The van der Waals surface area contributed by atoms with Gasteiger partial charge in [-0.2, -0.15) is 0 Å². The third-order valence-corrected chi connectivity index (χ3v) is 3.55. The van der Waals surface area contributed by atoms with E-state index in [9.17, 15) is 4.79 Å². The van der Waals surface area contributed by atoms with E-state index < -0.39 is 0 Å². The summed E-state index contributed by atoms with van der Waals surface area (Å²) in [6, 6.07) is 7.77. The first-order chi connectivity index (χ1) is 10.6. The first-order valence-corrected chi connectivity index (χ1v) is 7.65. The number of allylic oxidation sites excluding steroid dienone is 1. The van der Waals surface area contributed by atoms with Crippen molar-refractivity contribution in [2.75, 3.05) is 19.8 Å². The molecule has 0 bridgehead atoms. The number of ether oxygens (including phenoxy) is 2. The van der Waals surface area contributed by atoms with Crippen molar-refractivity contribution in [3.63, 3.8) is 0 Å². The van der Waals surface area contributed by atoms with Gasteiger partial charge in [0.05, 0.1) is 25.3 Å². The molecule has 0 aliphatic carbocycles. The van der Waals surface area contributed by atoms with Gasteiger partial charge in [-0.05, 0) is 37.7 Å². The summed E-state index contributed by atoms with van der Waals surface area (Å²) in [5.74, 6) is 0.511. The van der Waals surface area contributed by atoms with Gasteiger partial charge in [-0.25, -0.2) is 4.79 Å². The van der Waals surface area contributed by atoms with Crippen molar-refractivity contribution < 1.29 is 14.3 Å². The van der Waals surface area contributed by atoms with E-state index in [1.807, 2.05) is 38.1 Å². The van der Waals surface area contributed by atoms with E-state index in [1.165, 1.54) is 0 Å². The Morgan fingerprint density at radius 3 is 2.86 bits per heavy atom. The van der Waals surface area contributed by atoms with E-state index in [4.69, 9.17) is 21.7 Å². The molecule has 2 rings (SSSR count). The molecule has 1 aromatic carbocycles. The van der Waals surface area contributed by atoms with Crippen LogP contribution in [0.25, 0.3) is 0 Å². The Morgan fingerprint density at radius 2 is 2.14 bits per heavy atom. The van der Waals surface area contributed by atoms with Crippen molar-refractivity contribution in [3.8, 4) is 5.75 Å². The van der Waals surface area contributed by atoms with E-state index in [-0.39, 0.29) is 5.97 Å². The Morgan fingerprint density at radius 1 is 1.36 bits per heavy atom. The summed E-state index contributed by atoms with van der Waals surface area (Å²) in [4.78, 5) is 12.1. The van der Waals surface area contributed by atoms with Gasteiger partial charge in [0.15, 0.2) is 5.11 Å². The Kier molecular flexibility index (Phi) is 5.77. The number of benzene rings is 1. The highest BCUT2D eigenvalue weighted by Gasteiger charge is 2.19. The Balaban J connectivity index is 1.90. The quantitative estimate of drug-likeness (QED) is 0.617. The summed E-state index contributed by atoms with van der Waals surface area (Å²) in [7, 11) is 0. The normalized spacial score (nSPS) is 14.2. The minimum atomic E-state index is -0.325. The van der Waals surface area contributed by atoms with Gasteiger partial charge in [0.25, 0.3) is 0 Å². The summed E-state index contributed by atoms with van der Waals surface area (Å²) in [6.45, 7) is 5.07. The van der Waals surface area contributed by atoms with E-state index in [1.54, 1.807) is 0 Å². The first kappa shape index (κ1) is 16.3. The summed E-state index contributed by atoms with van der Waals surface area (Å²) in [6.07, 6.45) is 0.619. The predicted molar refractivity (Wildman–Crippen MR) is 88.7 cm³/mol. The van der Waals surface area contributed by atoms with Gasteiger partial charge in [0.1, 0.15) is 5.75 Å². The number of rotatable bonds is 6. The monoisotopic (exact) mass is 320 g/mol. The summed E-state index contributed by atoms with van der Waals surface area (Å²) in [5, 5.41) is 6.37. The van der Waals surface area contributed by atoms with Crippen molar-refractivity contribution in [2.24, 2.45) is 0 Å². The van der Waals surface area contributed by atoms with Crippen molar-refractivity contribution in [2.45, 2.75) is 20.3 Å². The summed E-state index contributed by atoms with van der Waals surface area (Å²) >= 11 is 4.99. The topological polar surface area (TPSA) is 59.6 Å². The standard InChI is InChI=1S/C16H20N2O3S/c1-3-20-14-7-5-4-6-12(14)8-9-21-15(19)13-10-17-16(22)18-11(13)2/h4-7H,3,8-10H2,1-2H3,(H2,17,18,22). The van der Waals surface area contributed by atoms with Crippen LogP contribution in [0, 0.1) is 0 Å². The molecule has 0 saturated carbocycles. The Bertz CT molecular complexity index is 599. The van der Waals surface area contributed by atoms with Crippen molar-refractivity contribution in [1.29, 1.82) is 0 Å². The lowest BCUT2D eigenvalue weighted by molar-refractivity contribution is -0.139. The maximum Gasteiger partial charge on any atom is 0.337 e. The van der Waals surface area contributed by atoms with Crippen LogP contribution >= 0.6 is 12.2 Å². The molecule has 0 radical (unpaired) electrons. The second kappa shape index (κ2) is 7.79. The molecule has 1 heterocycles. The molecule has 0 unspecified atom stereocenters. The number of hydrogen-bond acceptors (Lipinski definition) is 4. The minimum absolute atomic E-state index is 0.310. The van der Waals surface area contributed by atoms with Crippen LogP contribution in [0.2, 0.25) is 0 Å². The molecular formula is C16H20N2O3S. The molecule has 22 heavy (non-hydrogen) atoms. The smallest absolute Gasteiger partial charge is 0.337 e. The van der Waals surface area contributed by atoms with Gasteiger partial charge < -0.3 is 20.1 Å². The second-order valence-corrected chi connectivity index (χ2v) is 5.25. The molecular weight excluding hydrogens is 300 g/mol. The fraction of sp³-hybridized carbons (Fsp3) is 0.375. The lowest BCUT2D eigenvalue weighted by atomic mass is 10.1. The van der Waals surface area contributed by atoms with Crippen LogP contribution in [0.1, 0.15) is 19.4 Å². The molecule has 0 spiro atoms. The van der Waals surface area contributed by atoms with Gasteiger partial charge in [0, 0.05) is 12.1 Å². The van der Waals surface area contributed by atoms with Gasteiger partial charge in [0.2, 0.25) is 0 Å². The van der Waals surface area contributed by atoms with Crippen LogP contribution in [0.4, 0.5) is 0 Å². The number of carbonyl (C=O) groups excluding carboxylic acids is 1. The predicted octanol–water partition coefficient (Wildman–Crippen LogP) is 1.92. The van der Waals surface area contributed by atoms with E-state index in [0.29, 0.717) is 36.9 Å². The third-order valence-electron chi connectivity index (χ3n) is 3.30. The van der Waals surface area contributed by atoms with E-state index >= 15 is 0 Å². The molecule has 1 aliphatic rings. The molecule has 118 valence electrons. The molecule has 0 saturated heterocycles. The number of nitrogens with one attached hydrogen (secondary N) is 2. The number of esters is 1. The molecule has 0 atom stereocenters. The molecule has 5 nitrogen and oxygen atoms in total. The molecule has 0 amide bonds. The van der Waals surface area contributed by atoms with Crippen LogP contribution in [-0.2, 0) is 16.0 Å². The maximum absolute atomic E-state index is 12.1. The van der Waals surface area contributed by atoms with E-state index in [0.717, 1.165) is 17.0 Å². The van der Waals surface area contributed by atoms with E-state index in [2.05, 4.69) is 10.6 Å². The summed E-state index contributed by atoms with van der Waals surface area (Å²) < 4.78 is 10.9. The Labute approximate surface area is 135 Å². The van der Waals surface area contributed by atoms with Crippen LogP contribution < -0.4 is 15.4 Å². The Hall–Kier alpha value is -2.08. The molecule has 2 N–H and O–H groups in total. The second-order valence-electron chi connectivity index (χ2n) is 4.84. The summed E-state index contributed by atoms with van der Waals surface area (Å²) in [5.41, 5.74) is 2.35. The van der Waals surface area contributed by atoms with Crippen LogP contribution in [0.15, 0.2) is 35.5 Å². The third kappa shape index (κ3) is 4.21. The molecule has 1 aliphatic heterocycles. The zero-order valence-corrected chi connectivity index (χ0v) is 13.6. The SMILES string of the molecule is CCOc1ccccc1CCOC(=O)C1=C(C)NC(=S)NC1. The zero-order chi connectivity index (χ0) is 15.9. The maximum atomic E-state index is 12.1. The van der Waals surface area contributed by atoms with Gasteiger partial charge in [-0.1, -0.05) is 18.2 Å². The van der Waals surface area contributed by atoms with Crippen molar-refractivity contribution in [1.82, 2.24) is 10.6 Å². The van der Waals surface area contributed by atoms with Crippen LogP contribution in [0.5, 0.6) is 5.75 Å². The molecule has 0 fully saturated rings. The average Bonchev–Trinajstić information content (AvgIpc) is 2.49. The highest BCUT2D eigenvalue weighted by Crippen LogP contribution is 2.18. The number of thiocarbonyl (C=S) groups is 1. The fourth-order valence-electron chi connectivity index (χ4n) is 2.16. The number of hydrogen-bond donors (Lipinski definition) is 2. The van der Waals surface area contributed by atoms with Gasteiger partial charge >= 0.3 is 5.97 Å². The van der Waals surface area contributed by atoms with Crippen LogP contribution in [0.3, 0.4) is 0 Å². The molecule has 1 aromatic rings. The van der Waals surface area contributed by atoms with Gasteiger partial charge in [-0.15, -0.1) is 0 Å². The first-order valence-electron chi connectivity index (χ1n) is 7.24. The lowest BCUT2D eigenvalue weighted by Crippen LogP contribution is -2.43. The average molecular weight is 320 g/mol. The fourth-order valence-corrected chi connectivity index (χ4v) is 2.39. The molecule has 0 aromatic heterocycles. The zero-order valence-electron chi connectivity index (χ0n) is 12.8. The van der Waals surface area contributed by atoms with Crippen molar-refractivity contribution >= 4 is 23.3 Å². The molecule has 6 heteroatoms. The number of carbonyl (C=O) groups is 1. The lowest BCUT2D eigenvalue weighted by Gasteiger charge is -2.21.